The second kappa shape index (κ2) is 7.08. The molecule has 1 unspecified atom stereocenters. The molecular weight excluding hydrogens is 372 g/mol. The summed E-state index contributed by atoms with van der Waals surface area (Å²) in [7, 11) is -3.41. The van der Waals surface area contributed by atoms with Gasteiger partial charge in [0.2, 0.25) is 0 Å². The van der Waals surface area contributed by atoms with Crippen molar-refractivity contribution in [2.24, 2.45) is 4.40 Å². The lowest BCUT2D eigenvalue weighted by molar-refractivity contribution is -0.145. The molecule has 2 saturated heterocycles. The van der Waals surface area contributed by atoms with Crippen molar-refractivity contribution >= 4 is 27.7 Å². The van der Waals surface area contributed by atoms with Crippen LogP contribution in [0.2, 0.25) is 0 Å². The van der Waals surface area contributed by atoms with Crippen LogP contribution in [0, 0.1) is 0 Å². The van der Waals surface area contributed by atoms with E-state index >= 15 is 0 Å². The predicted octanol–water partition coefficient (Wildman–Crippen LogP) is -0.666. The van der Waals surface area contributed by atoms with Gasteiger partial charge in [-0.05, 0) is 25.0 Å². The molecule has 0 N–H and O–H groups in total. The lowest BCUT2D eigenvalue weighted by Gasteiger charge is -2.36. The number of amidine groups is 1. The maximum Gasteiger partial charge on any atom is 0.256 e. The number of piperazine rings is 1. The van der Waals surface area contributed by atoms with Crippen molar-refractivity contribution in [3.63, 3.8) is 0 Å². The number of amides is 2. The molecule has 9 nitrogen and oxygen atoms in total. The first-order chi connectivity index (χ1) is 12.9. The van der Waals surface area contributed by atoms with Gasteiger partial charge in [0.25, 0.3) is 21.8 Å². The smallest absolute Gasteiger partial charge is 0.256 e. The summed E-state index contributed by atoms with van der Waals surface area (Å²) in [5.74, 6) is 0.172. The SMILES string of the molecule is O=C(C1=CN2CCS(=O)(=O)N=C2C=C1)N1CCN(C(=O)C2CCCO2)CC1. The summed E-state index contributed by atoms with van der Waals surface area (Å²) >= 11 is 0. The Bertz CT molecular complexity index is 833. The molecule has 0 aliphatic carbocycles. The number of carbonyl (C=O) groups excluding carboxylic acids is 2. The van der Waals surface area contributed by atoms with E-state index in [-0.39, 0.29) is 30.2 Å². The molecule has 0 aromatic carbocycles. The molecule has 4 heterocycles. The van der Waals surface area contributed by atoms with E-state index in [1.165, 1.54) is 0 Å². The Morgan fingerprint density at radius 1 is 1.07 bits per heavy atom. The van der Waals surface area contributed by atoms with Gasteiger partial charge in [-0.3, -0.25) is 9.59 Å². The van der Waals surface area contributed by atoms with Gasteiger partial charge in [0.15, 0.2) is 0 Å². The average molecular weight is 394 g/mol. The van der Waals surface area contributed by atoms with Gasteiger partial charge in [0, 0.05) is 45.5 Å². The second-order valence-corrected chi connectivity index (χ2v) is 8.72. The molecule has 0 aromatic rings. The van der Waals surface area contributed by atoms with E-state index in [4.69, 9.17) is 4.74 Å². The van der Waals surface area contributed by atoms with Crippen LogP contribution in [0.25, 0.3) is 0 Å². The number of hydrogen-bond donors (Lipinski definition) is 0. The number of hydrogen-bond acceptors (Lipinski definition) is 6. The average Bonchev–Trinajstić information content (AvgIpc) is 3.21. The Labute approximate surface area is 158 Å². The fourth-order valence-electron chi connectivity index (χ4n) is 3.62. The first-order valence-electron chi connectivity index (χ1n) is 9.12. The summed E-state index contributed by atoms with van der Waals surface area (Å²) in [6.07, 6.45) is 6.16. The third-order valence-corrected chi connectivity index (χ3v) is 6.32. The summed E-state index contributed by atoms with van der Waals surface area (Å²) < 4.78 is 32.3. The molecule has 4 rings (SSSR count). The van der Waals surface area contributed by atoms with E-state index in [9.17, 15) is 18.0 Å². The molecular formula is C17H22N4O5S. The highest BCUT2D eigenvalue weighted by Gasteiger charge is 2.32. The van der Waals surface area contributed by atoms with Gasteiger partial charge in [-0.2, -0.15) is 0 Å². The molecule has 4 aliphatic rings. The molecule has 10 heteroatoms. The zero-order valence-corrected chi connectivity index (χ0v) is 15.7. The van der Waals surface area contributed by atoms with Crippen LogP contribution in [-0.2, 0) is 24.3 Å². The van der Waals surface area contributed by atoms with E-state index in [1.54, 1.807) is 33.1 Å². The fourth-order valence-corrected chi connectivity index (χ4v) is 4.59. The minimum absolute atomic E-state index is 0.0201. The van der Waals surface area contributed by atoms with Crippen LogP contribution in [0.3, 0.4) is 0 Å². The van der Waals surface area contributed by atoms with Gasteiger partial charge in [-0.25, -0.2) is 8.42 Å². The summed E-state index contributed by atoms with van der Waals surface area (Å²) in [5, 5.41) is 0. The first kappa shape index (κ1) is 18.2. The van der Waals surface area contributed by atoms with Crippen molar-refractivity contribution in [1.29, 1.82) is 0 Å². The number of ether oxygens (including phenoxy) is 1. The molecule has 0 saturated carbocycles. The van der Waals surface area contributed by atoms with Crippen molar-refractivity contribution in [1.82, 2.24) is 14.7 Å². The normalized spacial score (nSPS) is 27.1. The van der Waals surface area contributed by atoms with Gasteiger partial charge in [-0.1, -0.05) is 0 Å². The Morgan fingerprint density at radius 2 is 1.81 bits per heavy atom. The molecule has 2 fully saturated rings. The van der Waals surface area contributed by atoms with Crippen molar-refractivity contribution in [3.05, 3.63) is 23.9 Å². The van der Waals surface area contributed by atoms with Crippen molar-refractivity contribution in [2.75, 3.05) is 45.1 Å². The molecule has 0 aromatic heterocycles. The van der Waals surface area contributed by atoms with Crippen molar-refractivity contribution in [2.45, 2.75) is 18.9 Å². The van der Waals surface area contributed by atoms with Gasteiger partial charge < -0.3 is 19.4 Å². The highest BCUT2D eigenvalue weighted by Crippen LogP contribution is 2.19. The standard InChI is InChI=1S/C17H22N4O5S/c22-16(13-3-4-15-18-27(24,25)11-9-21(15)12-13)19-5-7-20(8-6-19)17(23)14-2-1-10-26-14/h3-4,12,14H,1-2,5-11H2. The molecule has 0 spiro atoms. The number of rotatable bonds is 2. The van der Waals surface area contributed by atoms with E-state index in [2.05, 4.69) is 4.40 Å². The van der Waals surface area contributed by atoms with E-state index < -0.39 is 10.0 Å². The van der Waals surface area contributed by atoms with Crippen LogP contribution in [0.4, 0.5) is 0 Å². The van der Waals surface area contributed by atoms with E-state index in [0.29, 0.717) is 44.2 Å². The monoisotopic (exact) mass is 394 g/mol. The number of nitrogens with zero attached hydrogens (tertiary/aromatic N) is 4. The summed E-state index contributed by atoms with van der Waals surface area (Å²) in [6, 6.07) is 0. The predicted molar refractivity (Wildman–Crippen MR) is 97.3 cm³/mol. The maximum atomic E-state index is 12.8. The number of fused-ring (bicyclic) bond motifs is 1. The van der Waals surface area contributed by atoms with Crippen LogP contribution in [-0.4, -0.2) is 92.0 Å². The van der Waals surface area contributed by atoms with Crippen LogP contribution < -0.4 is 0 Å². The molecule has 146 valence electrons. The number of carbonyl (C=O) groups is 2. The molecule has 27 heavy (non-hydrogen) atoms. The Hall–Kier alpha value is -2.20. The molecule has 0 radical (unpaired) electrons. The largest absolute Gasteiger partial charge is 0.368 e. The first-order valence-corrected chi connectivity index (χ1v) is 10.7. The van der Waals surface area contributed by atoms with Crippen LogP contribution in [0.5, 0.6) is 0 Å². The lowest BCUT2D eigenvalue weighted by atomic mass is 10.1. The van der Waals surface area contributed by atoms with Gasteiger partial charge >= 0.3 is 0 Å². The van der Waals surface area contributed by atoms with Crippen molar-refractivity contribution < 1.29 is 22.7 Å². The Kier molecular flexibility index (Phi) is 4.77. The maximum absolute atomic E-state index is 12.8. The van der Waals surface area contributed by atoms with Gasteiger partial charge in [0.05, 0.1) is 11.3 Å². The minimum Gasteiger partial charge on any atom is -0.368 e. The van der Waals surface area contributed by atoms with E-state index in [0.717, 1.165) is 12.8 Å². The highest BCUT2D eigenvalue weighted by atomic mass is 32.2. The number of sulfonamides is 1. The Morgan fingerprint density at radius 3 is 2.52 bits per heavy atom. The third-order valence-electron chi connectivity index (χ3n) is 5.15. The van der Waals surface area contributed by atoms with Crippen molar-refractivity contribution in [3.8, 4) is 0 Å². The second-order valence-electron chi connectivity index (χ2n) is 6.97. The molecule has 4 aliphatic heterocycles. The van der Waals surface area contributed by atoms with Gasteiger partial charge in [0.1, 0.15) is 11.9 Å². The topological polar surface area (TPSA) is 99.6 Å². The minimum atomic E-state index is -3.41. The summed E-state index contributed by atoms with van der Waals surface area (Å²) in [5.41, 5.74) is 0.493. The molecule has 1 atom stereocenters. The molecule has 2 amide bonds. The fraction of sp³-hybridized carbons (Fsp3) is 0.588. The molecule has 0 bridgehead atoms. The van der Waals surface area contributed by atoms with Crippen LogP contribution in [0.15, 0.2) is 28.3 Å². The summed E-state index contributed by atoms with van der Waals surface area (Å²) in [4.78, 5) is 30.4. The highest BCUT2D eigenvalue weighted by molar-refractivity contribution is 7.90. The van der Waals surface area contributed by atoms with Gasteiger partial charge in [-0.15, -0.1) is 4.40 Å². The van der Waals surface area contributed by atoms with E-state index in [1.807, 2.05) is 0 Å². The zero-order valence-electron chi connectivity index (χ0n) is 14.9. The summed E-state index contributed by atoms with van der Waals surface area (Å²) in [6.45, 7) is 2.85. The lowest BCUT2D eigenvalue weighted by Crippen LogP contribution is -2.53. The van der Waals surface area contributed by atoms with Crippen LogP contribution >= 0.6 is 0 Å². The quantitative estimate of drug-likeness (QED) is 0.616. The third kappa shape index (κ3) is 3.77. The zero-order chi connectivity index (χ0) is 19.0. The Balaban J connectivity index is 1.37. The van der Waals surface area contributed by atoms with Crippen LogP contribution in [0.1, 0.15) is 12.8 Å².